The molecule has 7 heteroatoms. The maximum absolute atomic E-state index is 12.8. The van der Waals surface area contributed by atoms with Crippen molar-refractivity contribution in [1.29, 1.82) is 0 Å². The first kappa shape index (κ1) is 20.5. The number of carbonyl (C=O) groups excluding carboxylic acids is 1. The minimum atomic E-state index is -3.52. The lowest BCUT2D eigenvalue weighted by Gasteiger charge is -2.13. The van der Waals surface area contributed by atoms with Gasteiger partial charge in [0.15, 0.2) is 9.84 Å². The van der Waals surface area contributed by atoms with E-state index in [9.17, 15) is 17.6 Å². The number of benzene rings is 2. The molecular formula is C19H22FNO3S2. The monoisotopic (exact) mass is 395 g/mol. The van der Waals surface area contributed by atoms with Gasteiger partial charge in [0, 0.05) is 11.4 Å². The van der Waals surface area contributed by atoms with E-state index in [0.29, 0.717) is 13.0 Å². The fraction of sp³-hybridized carbons (Fsp3) is 0.316. The molecule has 0 fully saturated rings. The molecule has 2 aromatic rings. The second kappa shape index (κ2) is 9.19. The Morgan fingerprint density at radius 3 is 2.42 bits per heavy atom. The number of hydrogen-bond donors (Lipinski definition) is 1. The van der Waals surface area contributed by atoms with Crippen molar-refractivity contribution >= 4 is 27.5 Å². The van der Waals surface area contributed by atoms with E-state index in [1.807, 2.05) is 0 Å². The van der Waals surface area contributed by atoms with E-state index in [0.717, 1.165) is 10.6 Å². The third-order valence-electron chi connectivity index (χ3n) is 3.75. The average molecular weight is 396 g/mol. The van der Waals surface area contributed by atoms with Crippen molar-refractivity contribution < 1.29 is 17.6 Å². The van der Waals surface area contributed by atoms with Gasteiger partial charge in [-0.2, -0.15) is 0 Å². The van der Waals surface area contributed by atoms with Crippen LogP contribution in [0.4, 0.5) is 4.39 Å². The summed E-state index contributed by atoms with van der Waals surface area (Å²) in [4.78, 5) is 13.4. The highest BCUT2D eigenvalue weighted by molar-refractivity contribution is 7.99. The zero-order valence-electron chi connectivity index (χ0n) is 14.7. The van der Waals surface area contributed by atoms with Crippen molar-refractivity contribution in [3.8, 4) is 0 Å². The number of sulfone groups is 1. The lowest BCUT2D eigenvalue weighted by molar-refractivity contribution is 0.0950. The van der Waals surface area contributed by atoms with Gasteiger partial charge in [0.2, 0.25) is 0 Å². The molecule has 2 aromatic carbocycles. The van der Waals surface area contributed by atoms with Crippen LogP contribution in [0.1, 0.15) is 30.6 Å². The van der Waals surface area contributed by atoms with Gasteiger partial charge in [-0.3, -0.25) is 4.79 Å². The standard InChI is InChI=1S/C19H22FNO3S2/c1-14(2)26(23,24)18-7-4-3-6-17(18)19(22)21-12-5-13-25-16-10-8-15(20)9-11-16/h3-4,6-11,14H,5,12-13H2,1-2H3,(H,21,22). The van der Waals surface area contributed by atoms with Gasteiger partial charge in [0.25, 0.3) is 5.91 Å². The molecular weight excluding hydrogens is 373 g/mol. The summed E-state index contributed by atoms with van der Waals surface area (Å²) in [6, 6.07) is 12.5. The van der Waals surface area contributed by atoms with Crippen LogP contribution in [-0.4, -0.2) is 31.9 Å². The van der Waals surface area contributed by atoms with Crippen LogP contribution >= 0.6 is 11.8 Å². The van der Waals surface area contributed by atoms with Crippen molar-refractivity contribution in [1.82, 2.24) is 5.32 Å². The second-order valence-corrected chi connectivity index (χ2v) is 9.64. The van der Waals surface area contributed by atoms with Crippen molar-refractivity contribution in [2.45, 2.75) is 35.3 Å². The summed E-state index contributed by atoms with van der Waals surface area (Å²) in [6.45, 7) is 3.62. The largest absolute Gasteiger partial charge is 0.352 e. The fourth-order valence-electron chi connectivity index (χ4n) is 2.25. The molecule has 0 unspecified atom stereocenters. The van der Waals surface area contributed by atoms with Crippen molar-refractivity contribution in [3.05, 3.63) is 59.9 Å². The molecule has 0 saturated carbocycles. The van der Waals surface area contributed by atoms with E-state index >= 15 is 0 Å². The predicted octanol–water partition coefficient (Wildman–Crippen LogP) is 3.92. The zero-order chi connectivity index (χ0) is 19.2. The van der Waals surface area contributed by atoms with Crippen LogP contribution in [0.15, 0.2) is 58.3 Å². The number of carbonyl (C=O) groups is 1. The minimum absolute atomic E-state index is 0.0631. The summed E-state index contributed by atoms with van der Waals surface area (Å²) >= 11 is 1.57. The zero-order valence-corrected chi connectivity index (χ0v) is 16.4. The molecule has 0 heterocycles. The van der Waals surface area contributed by atoms with Crippen LogP contribution in [0.5, 0.6) is 0 Å². The Labute approximate surface area is 158 Å². The number of thioether (sulfide) groups is 1. The van der Waals surface area contributed by atoms with Gasteiger partial charge in [-0.1, -0.05) is 12.1 Å². The van der Waals surface area contributed by atoms with Gasteiger partial charge in [-0.15, -0.1) is 11.8 Å². The molecule has 0 atom stereocenters. The van der Waals surface area contributed by atoms with Gasteiger partial charge in [0.05, 0.1) is 15.7 Å². The lowest BCUT2D eigenvalue weighted by Crippen LogP contribution is -2.27. The highest BCUT2D eigenvalue weighted by Gasteiger charge is 2.24. The number of rotatable bonds is 8. The maximum Gasteiger partial charge on any atom is 0.252 e. The Kier molecular flexibility index (Phi) is 7.23. The third-order valence-corrected chi connectivity index (χ3v) is 7.06. The quantitative estimate of drug-likeness (QED) is 0.544. The van der Waals surface area contributed by atoms with E-state index in [1.165, 1.54) is 24.3 Å². The van der Waals surface area contributed by atoms with Crippen LogP contribution in [0.3, 0.4) is 0 Å². The molecule has 0 radical (unpaired) electrons. The van der Waals surface area contributed by atoms with Crippen LogP contribution in [0, 0.1) is 5.82 Å². The summed E-state index contributed by atoms with van der Waals surface area (Å²) in [5.74, 6) is 0.103. The van der Waals surface area contributed by atoms with Crippen molar-refractivity contribution in [3.63, 3.8) is 0 Å². The Balaban J connectivity index is 1.90. The number of amides is 1. The molecule has 0 bridgehead atoms. The Morgan fingerprint density at radius 1 is 1.12 bits per heavy atom. The molecule has 0 spiro atoms. The highest BCUT2D eigenvalue weighted by atomic mass is 32.2. The number of hydrogen-bond acceptors (Lipinski definition) is 4. The van der Waals surface area contributed by atoms with E-state index in [-0.39, 0.29) is 16.3 Å². The normalized spacial score (nSPS) is 11.5. The first-order chi connectivity index (χ1) is 12.3. The van der Waals surface area contributed by atoms with E-state index in [4.69, 9.17) is 0 Å². The van der Waals surface area contributed by atoms with Crippen molar-refractivity contribution in [2.24, 2.45) is 0 Å². The fourth-order valence-corrected chi connectivity index (χ4v) is 4.34. The number of nitrogens with one attached hydrogen (secondary N) is 1. The first-order valence-electron chi connectivity index (χ1n) is 8.32. The lowest BCUT2D eigenvalue weighted by atomic mass is 10.2. The maximum atomic E-state index is 12.8. The molecule has 0 aliphatic rings. The summed E-state index contributed by atoms with van der Waals surface area (Å²) in [6.07, 6.45) is 0.715. The molecule has 26 heavy (non-hydrogen) atoms. The molecule has 2 rings (SSSR count). The smallest absolute Gasteiger partial charge is 0.252 e. The molecule has 0 aliphatic carbocycles. The van der Waals surface area contributed by atoms with Gasteiger partial charge in [-0.05, 0) is 62.4 Å². The summed E-state index contributed by atoms with van der Waals surface area (Å²) < 4.78 is 37.7. The molecule has 140 valence electrons. The number of halogens is 1. The summed E-state index contributed by atoms with van der Waals surface area (Å²) in [5.41, 5.74) is 0.174. The Bertz CT molecular complexity index is 849. The van der Waals surface area contributed by atoms with Crippen LogP contribution < -0.4 is 5.32 Å². The van der Waals surface area contributed by atoms with Gasteiger partial charge >= 0.3 is 0 Å². The molecule has 1 N–H and O–H groups in total. The van der Waals surface area contributed by atoms with Crippen LogP contribution in [0.25, 0.3) is 0 Å². The van der Waals surface area contributed by atoms with Gasteiger partial charge in [0.1, 0.15) is 5.82 Å². The van der Waals surface area contributed by atoms with Gasteiger partial charge < -0.3 is 5.32 Å². The first-order valence-corrected chi connectivity index (χ1v) is 10.8. The molecule has 1 amide bonds. The second-order valence-electron chi connectivity index (χ2n) is 6.00. The molecule has 0 saturated heterocycles. The minimum Gasteiger partial charge on any atom is -0.352 e. The molecule has 0 aromatic heterocycles. The van der Waals surface area contributed by atoms with Crippen LogP contribution in [0.2, 0.25) is 0 Å². The van der Waals surface area contributed by atoms with Crippen molar-refractivity contribution in [2.75, 3.05) is 12.3 Å². The SMILES string of the molecule is CC(C)S(=O)(=O)c1ccccc1C(=O)NCCCSc1ccc(F)cc1. The summed E-state index contributed by atoms with van der Waals surface area (Å²) in [5, 5.41) is 2.18. The predicted molar refractivity (Wildman–Crippen MR) is 103 cm³/mol. The molecule has 0 aliphatic heterocycles. The van der Waals surface area contributed by atoms with E-state index < -0.39 is 21.0 Å². The highest BCUT2D eigenvalue weighted by Crippen LogP contribution is 2.21. The van der Waals surface area contributed by atoms with E-state index in [2.05, 4.69) is 5.32 Å². The average Bonchev–Trinajstić information content (AvgIpc) is 2.62. The third kappa shape index (κ3) is 5.32. The van der Waals surface area contributed by atoms with Crippen LogP contribution in [-0.2, 0) is 9.84 Å². The van der Waals surface area contributed by atoms with E-state index in [1.54, 1.807) is 49.9 Å². The Morgan fingerprint density at radius 2 is 1.77 bits per heavy atom. The molecule has 4 nitrogen and oxygen atoms in total. The topological polar surface area (TPSA) is 63.2 Å². The van der Waals surface area contributed by atoms with Gasteiger partial charge in [-0.25, -0.2) is 12.8 Å². The Hall–Kier alpha value is -1.86. The summed E-state index contributed by atoms with van der Waals surface area (Å²) in [7, 11) is -3.52.